The van der Waals surface area contributed by atoms with Crippen molar-refractivity contribution in [2.24, 2.45) is 5.92 Å². The molecule has 4 N–H and O–H groups in total. The minimum absolute atomic E-state index is 0.232. The Hall–Kier alpha value is -3.46. The molecule has 1 fully saturated rings. The van der Waals surface area contributed by atoms with E-state index in [-0.39, 0.29) is 12.5 Å². The summed E-state index contributed by atoms with van der Waals surface area (Å²) in [6, 6.07) is 22.9. The van der Waals surface area contributed by atoms with E-state index >= 15 is 0 Å². The first-order chi connectivity index (χ1) is 19.4. The SMILES string of the molecule is C[C@@H](O)[C@H]1ON(Cc2ccc(C=Cc3ccc(Cl)cc3)cc2)C(C(=O)NCCc2c[nH]c3ccccc23)[C@H]1CO. The molecule has 1 unspecified atom stereocenters. The predicted molar refractivity (Wildman–Crippen MR) is 158 cm³/mol. The Balaban J connectivity index is 1.25. The number of carbonyl (C=O) groups is 1. The van der Waals surface area contributed by atoms with E-state index in [1.54, 1.807) is 12.0 Å². The van der Waals surface area contributed by atoms with Crippen LogP contribution in [0.3, 0.4) is 0 Å². The van der Waals surface area contributed by atoms with Crippen LogP contribution in [0.2, 0.25) is 5.02 Å². The van der Waals surface area contributed by atoms with Crippen molar-refractivity contribution >= 4 is 40.6 Å². The van der Waals surface area contributed by atoms with Gasteiger partial charge in [-0.2, -0.15) is 5.06 Å². The van der Waals surface area contributed by atoms with E-state index < -0.39 is 24.2 Å². The fraction of sp³-hybridized carbons (Fsp3) is 0.281. The Morgan fingerprint density at radius 3 is 2.42 bits per heavy atom. The molecule has 1 aliphatic rings. The molecule has 0 radical (unpaired) electrons. The number of H-pyrrole nitrogens is 1. The van der Waals surface area contributed by atoms with Gasteiger partial charge < -0.3 is 20.5 Å². The summed E-state index contributed by atoms with van der Waals surface area (Å²) in [6.45, 7) is 2.12. The molecule has 208 valence electrons. The molecule has 5 rings (SSSR count). The molecule has 1 aromatic heterocycles. The molecule has 40 heavy (non-hydrogen) atoms. The van der Waals surface area contributed by atoms with Crippen molar-refractivity contribution in [3.8, 4) is 0 Å². The zero-order chi connectivity index (χ0) is 28.1. The zero-order valence-electron chi connectivity index (χ0n) is 22.3. The average Bonchev–Trinajstić information content (AvgIpc) is 3.55. The number of rotatable bonds is 10. The lowest BCUT2D eigenvalue weighted by Gasteiger charge is -2.24. The third-order valence-electron chi connectivity index (χ3n) is 7.37. The molecular formula is C32H34ClN3O4. The maximum atomic E-state index is 13.4. The van der Waals surface area contributed by atoms with Crippen LogP contribution in [0, 0.1) is 5.92 Å². The molecule has 4 atom stereocenters. The number of aliphatic hydroxyl groups is 2. The fourth-order valence-corrected chi connectivity index (χ4v) is 5.37. The number of aliphatic hydroxyl groups excluding tert-OH is 2. The standard InChI is InChI=1S/C32H34ClN3O4/c1-21(38)31-28(20-37)30(32(39)34-17-16-25-18-35-29-5-3-2-4-27(25)29)36(40-31)19-24-10-8-22(9-11-24)6-7-23-12-14-26(33)15-13-23/h2-15,18,21,28,30-31,35,37-38H,16-17,19-20H2,1H3,(H,34,39)/t21-,28-,30?,31-/m1/s1. The molecule has 0 bridgehead atoms. The van der Waals surface area contributed by atoms with Gasteiger partial charge >= 0.3 is 0 Å². The lowest BCUT2D eigenvalue weighted by molar-refractivity contribution is -0.192. The van der Waals surface area contributed by atoms with Crippen molar-refractivity contribution in [1.82, 2.24) is 15.4 Å². The Bertz CT molecular complexity index is 1450. The van der Waals surface area contributed by atoms with Gasteiger partial charge in [0.1, 0.15) is 12.1 Å². The van der Waals surface area contributed by atoms with Crippen LogP contribution in [0.4, 0.5) is 0 Å². The van der Waals surface area contributed by atoms with Crippen molar-refractivity contribution in [3.63, 3.8) is 0 Å². The van der Waals surface area contributed by atoms with Gasteiger partial charge in [0.2, 0.25) is 5.91 Å². The number of aromatic nitrogens is 1. The number of hydroxylamine groups is 2. The number of carbonyl (C=O) groups excluding carboxylic acids is 1. The fourth-order valence-electron chi connectivity index (χ4n) is 5.25. The van der Waals surface area contributed by atoms with Crippen LogP contribution in [-0.2, 0) is 22.6 Å². The highest BCUT2D eigenvalue weighted by Crippen LogP contribution is 2.31. The molecule has 0 spiro atoms. The summed E-state index contributed by atoms with van der Waals surface area (Å²) in [4.78, 5) is 22.7. The third kappa shape index (κ3) is 6.46. The molecule has 1 saturated heterocycles. The van der Waals surface area contributed by atoms with Crippen molar-refractivity contribution in [2.75, 3.05) is 13.2 Å². The summed E-state index contributed by atoms with van der Waals surface area (Å²) < 4.78 is 0. The summed E-state index contributed by atoms with van der Waals surface area (Å²) in [5, 5.41) is 27.0. The van der Waals surface area contributed by atoms with Gasteiger partial charge in [0.05, 0.1) is 19.3 Å². The Morgan fingerprint density at radius 2 is 1.75 bits per heavy atom. The Morgan fingerprint density at radius 1 is 1.07 bits per heavy atom. The molecule has 3 aromatic carbocycles. The predicted octanol–water partition coefficient (Wildman–Crippen LogP) is 4.82. The summed E-state index contributed by atoms with van der Waals surface area (Å²) in [5.74, 6) is -0.792. The van der Waals surface area contributed by atoms with Gasteiger partial charge in [-0.15, -0.1) is 0 Å². The number of nitrogens with zero attached hydrogens (tertiary/aromatic N) is 1. The van der Waals surface area contributed by atoms with Crippen molar-refractivity contribution in [1.29, 1.82) is 0 Å². The molecule has 0 aliphatic carbocycles. The van der Waals surface area contributed by atoms with E-state index in [1.807, 2.05) is 85.1 Å². The van der Waals surface area contributed by atoms with Crippen LogP contribution in [0.25, 0.3) is 23.1 Å². The van der Waals surface area contributed by atoms with Crippen LogP contribution in [0.1, 0.15) is 29.2 Å². The minimum atomic E-state index is -0.843. The largest absolute Gasteiger partial charge is 0.396 e. The van der Waals surface area contributed by atoms with Gasteiger partial charge in [0.25, 0.3) is 0 Å². The van der Waals surface area contributed by atoms with E-state index in [0.717, 1.165) is 33.2 Å². The van der Waals surface area contributed by atoms with Crippen molar-refractivity contribution in [3.05, 3.63) is 106 Å². The average molecular weight is 560 g/mol. The molecule has 1 aliphatic heterocycles. The second kappa shape index (κ2) is 12.8. The van der Waals surface area contributed by atoms with Crippen LogP contribution in [0.15, 0.2) is 79.0 Å². The second-order valence-electron chi connectivity index (χ2n) is 10.2. The van der Waals surface area contributed by atoms with Gasteiger partial charge in [0, 0.05) is 34.6 Å². The van der Waals surface area contributed by atoms with Gasteiger partial charge in [-0.3, -0.25) is 9.63 Å². The molecule has 1 amide bonds. The summed E-state index contributed by atoms with van der Waals surface area (Å²) in [5.41, 5.74) is 5.22. The van der Waals surface area contributed by atoms with Crippen molar-refractivity contribution < 1.29 is 19.8 Å². The first kappa shape index (κ1) is 28.1. The lowest BCUT2D eigenvalue weighted by Crippen LogP contribution is -2.48. The molecule has 0 saturated carbocycles. The quantitative estimate of drug-likeness (QED) is 0.209. The van der Waals surface area contributed by atoms with E-state index in [4.69, 9.17) is 16.4 Å². The normalized spacial score (nSPS) is 20.4. The van der Waals surface area contributed by atoms with Crippen LogP contribution in [0.5, 0.6) is 0 Å². The number of halogens is 1. The minimum Gasteiger partial charge on any atom is -0.396 e. The number of fused-ring (bicyclic) bond motifs is 1. The molecule has 4 aromatic rings. The highest BCUT2D eigenvalue weighted by Gasteiger charge is 2.48. The number of para-hydroxylation sites is 1. The van der Waals surface area contributed by atoms with Crippen LogP contribution in [-0.4, -0.2) is 57.6 Å². The monoisotopic (exact) mass is 559 g/mol. The maximum Gasteiger partial charge on any atom is 0.240 e. The number of benzene rings is 3. The van der Waals surface area contributed by atoms with E-state index in [0.29, 0.717) is 24.5 Å². The second-order valence-corrected chi connectivity index (χ2v) is 10.6. The number of hydrogen-bond donors (Lipinski definition) is 4. The molecule has 7 nitrogen and oxygen atoms in total. The van der Waals surface area contributed by atoms with Crippen LogP contribution < -0.4 is 5.32 Å². The van der Waals surface area contributed by atoms with Gasteiger partial charge in [-0.1, -0.05) is 78.4 Å². The number of nitrogens with one attached hydrogen (secondary N) is 2. The first-order valence-electron chi connectivity index (χ1n) is 13.5. The summed E-state index contributed by atoms with van der Waals surface area (Å²) in [6.07, 6.45) is 5.15. The highest BCUT2D eigenvalue weighted by atomic mass is 35.5. The third-order valence-corrected chi connectivity index (χ3v) is 7.63. The van der Waals surface area contributed by atoms with Crippen LogP contribution >= 0.6 is 11.6 Å². The topological polar surface area (TPSA) is 97.8 Å². The summed E-state index contributed by atoms with van der Waals surface area (Å²) in [7, 11) is 0. The number of aromatic amines is 1. The molecule has 2 heterocycles. The van der Waals surface area contributed by atoms with Gasteiger partial charge in [-0.05, 0) is 53.8 Å². The zero-order valence-corrected chi connectivity index (χ0v) is 23.1. The van der Waals surface area contributed by atoms with Crippen molar-refractivity contribution in [2.45, 2.75) is 38.1 Å². The molecule has 8 heteroatoms. The number of hydrogen-bond acceptors (Lipinski definition) is 5. The maximum absolute atomic E-state index is 13.4. The van der Waals surface area contributed by atoms with E-state index in [2.05, 4.69) is 16.4 Å². The smallest absolute Gasteiger partial charge is 0.240 e. The van der Waals surface area contributed by atoms with Gasteiger partial charge in [0.15, 0.2) is 0 Å². The highest BCUT2D eigenvalue weighted by molar-refractivity contribution is 6.30. The van der Waals surface area contributed by atoms with Gasteiger partial charge in [-0.25, -0.2) is 0 Å². The Labute approximate surface area is 239 Å². The van der Waals surface area contributed by atoms with E-state index in [1.165, 1.54) is 0 Å². The first-order valence-corrected chi connectivity index (χ1v) is 13.9. The Kier molecular flexibility index (Phi) is 8.99. The summed E-state index contributed by atoms with van der Waals surface area (Å²) >= 11 is 5.96. The number of amides is 1. The molecular weight excluding hydrogens is 526 g/mol. The lowest BCUT2D eigenvalue weighted by atomic mass is 9.92. The van der Waals surface area contributed by atoms with E-state index in [9.17, 15) is 15.0 Å².